The fraction of sp³-hybridized carbons (Fsp3) is 0.385. The number of hydrogen-bond donors (Lipinski definition) is 1. The molecule has 0 aliphatic rings. The Morgan fingerprint density at radius 1 is 1.57 bits per heavy atom. The molecule has 0 aliphatic heterocycles. The van der Waals surface area contributed by atoms with Crippen molar-refractivity contribution < 1.29 is 14.5 Å². The normalized spacial score (nSPS) is 11.4. The van der Waals surface area contributed by atoms with Gasteiger partial charge in [0.2, 0.25) is 5.15 Å². The molecule has 0 fully saturated rings. The molecule has 0 saturated carbocycles. The molecule has 7 nitrogen and oxygen atoms in total. The van der Waals surface area contributed by atoms with Crippen molar-refractivity contribution in [1.82, 2.24) is 10.3 Å². The molecule has 0 bridgehead atoms. The summed E-state index contributed by atoms with van der Waals surface area (Å²) in [4.78, 5) is 25.2. The Labute approximate surface area is 127 Å². The Morgan fingerprint density at radius 2 is 2.24 bits per heavy atom. The number of alkyl carbamates (subject to hydrolysis) is 1. The van der Waals surface area contributed by atoms with Gasteiger partial charge in [-0.15, -0.1) is 0 Å². The Hall–Kier alpha value is -2.15. The predicted molar refractivity (Wildman–Crippen MR) is 79.2 cm³/mol. The summed E-state index contributed by atoms with van der Waals surface area (Å²) in [6, 6.07) is 1.30. The van der Waals surface area contributed by atoms with Crippen LogP contribution in [-0.2, 0) is 4.74 Å². The Kier molecular flexibility index (Phi) is 5.66. The second-order valence-electron chi connectivity index (χ2n) is 5.12. The van der Waals surface area contributed by atoms with Crippen molar-refractivity contribution in [3.63, 3.8) is 0 Å². The van der Waals surface area contributed by atoms with Crippen molar-refractivity contribution in [1.29, 1.82) is 0 Å². The molecule has 0 aliphatic carbocycles. The largest absolute Gasteiger partial charge is 0.444 e. The van der Waals surface area contributed by atoms with Crippen LogP contribution in [0.1, 0.15) is 26.3 Å². The van der Waals surface area contributed by atoms with Gasteiger partial charge in [0.25, 0.3) is 0 Å². The highest BCUT2D eigenvalue weighted by Crippen LogP contribution is 2.22. The van der Waals surface area contributed by atoms with Crippen LogP contribution in [0.15, 0.2) is 18.3 Å². The van der Waals surface area contributed by atoms with Crippen LogP contribution in [0, 0.1) is 10.1 Å². The summed E-state index contributed by atoms with van der Waals surface area (Å²) in [5.41, 5.74) is -0.315. The second-order valence-corrected chi connectivity index (χ2v) is 5.48. The maximum atomic E-state index is 11.4. The maximum absolute atomic E-state index is 11.4. The number of hydrogen-bond acceptors (Lipinski definition) is 5. The Bertz CT molecular complexity index is 567. The molecule has 1 N–H and O–H groups in total. The average molecular weight is 314 g/mol. The molecule has 114 valence electrons. The lowest BCUT2D eigenvalue weighted by atomic mass is 10.2. The summed E-state index contributed by atoms with van der Waals surface area (Å²) in [6.45, 7) is 5.52. The summed E-state index contributed by atoms with van der Waals surface area (Å²) in [5.74, 6) is 0. The highest BCUT2D eigenvalue weighted by molar-refractivity contribution is 6.31. The van der Waals surface area contributed by atoms with E-state index in [0.29, 0.717) is 5.56 Å². The van der Waals surface area contributed by atoms with Gasteiger partial charge in [0.1, 0.15) is 5.60 Å². The maximum Gasteiger partial charge on any atom is 0.407 e. The molecule has 1 aromatic heterocycles. The van der Waals surface area contributed by atoms with Gasteiger partial charge in [-0.3, -0.25) is 10.1 Å². The van der Waals surface area contributed by atoms with E-state index >= 15 is 0 Å². The standard InChI is InChI=1S/C13H16ClN3O4/c1-13(2,3)21-12(18)15-6-4-5-9-7-10(17(19)20)11(14)16-8-9/h4-5,7-8H,6H2,1-3H3,(H,15,18). The van der Waals surface area contributed by atoms with Gasteiger partial charge in [0, 0.05) is 18.8 Å². The number of rotatable bonds is 4. The number of nitrogens with one attached hydrogen (secondary N) is 1. The molecule has 21 heavy (non-hydrogen) atoms. The van der Waals surface area contributed by atoms with E-state index < -0.39 is 16.6 Å². The van der Waals surface area contributed by atoms with Crippen LogP contribution in [0.5, 0.6) is 0 Å². The molecule has 1 rings (SSSR count). The van der Waals surface area contributed by atoms with E-state index in [9.17, 15) is 14.9 Å². The lowest BCUT2D eigenvalue weighted by Gasteiger charge is -2.19. The summed E-state index contributed by atoms with van der Waals surface area (Å²) in [5, 5.41) is 13.1. The number of pyridine rings is 1. The predicted octanol–water partition coefficient (Wildman–Crippen LogP) is 3.18. The quantitative estimate of drug-likeness (QED) is 0.523. The third-order valence-corrected chi connectivity index (χ3v) is 2.40. The van der Waals surface area contributed by atoms with Gasteiger partial charge < -0.3 is 10.1 Å². The van der Waals surface area contributed by atoms with Gasteiger partial charge in [-0.2, -0.15) is 0 Å². The van der Waals surface area contributed by atoms with Crippen molar-refractivity contribution >= 4 is 29.5 Å². The molecule has 1 aromatic rings. The van der Waals surface area contributed by atoms with Crippen LogP contribution >= 0.6 is 11.6 Å². The van der Waals surface area contributed by atoms with E-state index in [2.05, 4.69) is 10.3 Å². The van der Waals surface area contributed by atoms with Crippen LogP contribution in [0.2, 0.25) is 5.15 Å². The first-order valence-electron chi connectivity index (χ1n) is 6.12. The fourth-order valence-corrected chi connectivity index (χ4v) is 1.50. The highest BCUT2D eigenvalue weighted by Gasteiger charge is 2.15. The summed E-state index contributed by atoms with van der Waals surface area (Å²) in [6.07, 6.45) is 4.08. The lowest BCUT2D eigenvalue weighted by Crippen LogP contribution is -2.32. The molecule has 0 atom stereocenters. The number of ether oxygens (including phenoxy) is 1. The Morgan fingerprint density at radius 3 is 2.81 bits per heavy atom. The first-order chi connectivity index (χ1) is 9.69. The minimum Gasteiger partial charge on any atom is -0.444 e. The topological polar surface area (TPSA) is 94.4 Å². The molecule has 0 aromatic carbocycles. The Balaban J connectivity index is 2.56. The minimum absolute atomic E-state index is 0.163. The van der Waals surface area contributed by atoms with Crippen LogP contribution in [0.3, 0.4) is 0 Å². The molecular weight excluding hydrogens is 298 g/mol. The molecule has 1 amide bonds. The monoisotopic (exact) mass is 313 g/mol. The third kappa shape index (κ3) is 6.22. The van der Waals surface area contributed by atoms with Crippen molar-refractivity contribution in [2.45, 2.75) is 26.4 Å². The van der Waals surface area contributed by atoms with Crippen LogP contribution in [-0.4, -0.2) is 28.1 Å². The van der Waals surface area contributed by atoms with Gasteiger partial charge in [-0.25, -0.2) is 9.78 Å². The SMILES string of the molecule is CC(C)(C)OC(=O)NCC=Cc1cnc(Cl)c([N+](=O)[O-])c1. The molecule has 8 heteroatoms. The minimum atomic E-state index is -0.606. The fourth-order valence-electron chi connectivity index (χ4n) is 1.32. The van der Waals surface area contributed by atoms with E-state index in [1.165, 1.54) is 12.3 Å². The van der Waals surface area contributed by atoms with E-state index in [1.807, 2.05) is 0 Å². The summed E-state index contributed by atoms with van der Waals surface area (Å²) in [7, 11) is 0. The van der Waals surface area contributed by atoms with E-state index in [4.69, 9.17) is 16.3 Å². The number of nitrogens with zero attached hydrogens (tertiary/aromatic N) is 2. The molecule has 0 spiro atoms. The average Bonchev–Trinajstić information content (AvgIpc) is 2.34. The smallest absolute Gasteiger partial charge is 0.407 e. The van der Waals surface area contributed by atoms with Gasteiger partial charge in [0.05, 0.1) is 4.92 Å². The summed E-state index contributed by atoms with van der Waals surface area (Å²) >= 11 is 5.61. The number of nitro groups is 1. The molecule has 0 radical (unpaired) electrons. The lowest BCUT2D eigenvalue weighted by molar-refractivity contribution is -0.385. The number of carbonyl (C=O) groups excluding carboxylic acids is 1. The van der Waals surface area contributed by atoms with Crippen molar-refractivity contribution in [2.75, 3.05) is 6.54 Å². The zero-order valence-electron chi connectivity index (χ0n) is 11.9. The third-order valence-electron chi connectivity index (χ3n) is 2.11. The first kappa shape index (κ1) is 16.9. The van der Waals surface area contributed by atoms with Gasteiger partial charge in [-0.05, 0) is 26.3 Å². The van der Waals surface area contributed by atoms with Crippen LogP contribution < -0.4 is 5.32 Å². The van der Waals surface area contributed by atoms with Crippen molar-refractivity contribution in [2.24, 2.45) is 0 Å². The zero-order chi connectivity index (χ0) is 16.0. The van der Waals surface area contributed by atoms with E-state index in [-0.39, 0.29) is 17.4 Å². The van der Waals surface area contributed by atoms with E-state index in [0.717, 1.165) is 0 Å². The van der Waals surface area contributed by atoms with Gasteiger partial charge in [-0.1, -0.05) is 23.8 Å². The van der Waals surface area contributed by atoms with Gasteiger partial charge in [0.15, 0.2) is 0 Å². The molecule has 0 saturated heterocycles. The first-order valence-corrected chi connectivity index (χ1v) is 6.50. The highest BCUT2D eigenvalue weighted by atomic mass is 35.5. The van der Waals surface area contributed by atoms with Crippen molar-refractivity contribution in [3.05, 3.63) is 39.2 Å². The van der Waals surface area contributed by atoms with Crippen LogP contribution in [0.25, 0.3) is 6.08 Å². The second kappa shape index (κ2) is 7.03. The summed E-state index contributed by atoms with van der Waals surface area (Å²) < 4.78 is 5.05. The number of carbonyl (C=O) groups is 1. The number of halogens is 1. The van der Waals surface area contributed by atoms with E-state index in [1.54, 1.807) is 32.9 Å². The molecule has 0 unspecified atom stereocenters. The zero-order valence-corrected chi connectivity index (χ0v) is 12.7. The van der Waals surface area contributed by atoms with Gasteiger partial charge >= 0.3 is 11.8 Å². The number of aromatic nitrogens is 1. The molecule has 1 heterocycles. The number of amides is 1. The van der Waals surface area contributed by atoms with Crippen LogP contribution in [0.4, 0.5) is 10.5 Å². The van der Waals surface area contributed by atoms with Crippen molar-refractivity contribution in [3.8, 4) is 0 Å². The molecular formula is C13H16ClN3O4.